The van der Waals surface area contributed by atoms with E-state index >= 15 is 0 Å². The molecular weight excluding hydrogens is 745 g/mol. The Morgan fingerprint density at radius 1 is 0.475 bits per heavy atom. The zero-order chi connectivity index (χ0) is 40.8. The minimum Gasteiger partial charge on any atom is -0.452 e. The predicted octanol–water partition coefficient (Wildman–Crippen LogP) is 14.9. The molecule has 0 bridgehead atoms. The lowest BCUT2D eigenvalue weighted by Crippen LogP contribution is -2.33. The van der Waals surface area contributed by atoms with E-state index in [2.05, 4.69) is 182 Å². The molecule has 0 N–H and O–H groups in total. The number of para-hydroxylation sites is 2. The van der Waals surface area contributed by atoms with E-state index in [-0.39, 0.29) is 10.8 Å². The number of aromatic nitrogens is 4. The van der Waals surface area contributed by atoms with Crippen molar-refractivity contribution < 1.29 is 4.42 Å². The average molecular weight is 787 g/mol. The van der Waals surface area contributed by atoms with Crippen LogP contribution in [0.25, 0.3) is 110 Å². The highest BCUT2D eigenvalue weighted by atomic mass is 16.3. The Labute approximate surface area is 352 Å². The Morgan fingerprint density at radius 2 is 1.08 bits per heavy atom. The zero-order valence-electron chi connectivity index (χ0n) is 34.6. The van der Waals surface area contributed by atoms with Gasteiger partial charge in [0.15, 0.2) is 5.58 Å². The lowest BCUT2D eigenvalue weighted by atomic mass is 9.63. The molecule has 12 aromatic rings. The first kappa shape index (κ1) is 34.6. The highest BCUT2D eigenvalue weighted by Gasteiger charge is 2.38. The third kappa shape index (κ3) is 4.83. The maximum atomic E-state index is 6.71. The standard InChI is InChI=1S/C56H42N4O/c1-55(2)27-28-56(3,4)45-31-46-43(30-44(45)55)42-29-41-39-26-25-34-16-9-11-21-37(34)52(39)59(35-18-6-5-7-19-35)47(41)32-48(42)60(46)54-57-50(38-23-14-17-33-15-8-10-20-36(33)38)53-51(58-54)40-22-12-13-24-49(40)61-53/h5-26,29-32H,27-28H2,1-4H3. The third-order valence-electron chi connectivity index (χ3n) is 14.0. The molecule has 61 heavy (non-hydrogen) atoms. The van der Waals surface area contributed by atoms with Crippen LogP contribution in [0.1, 0.15) is 51.7 Å². The first-order chi connectivity index (χ1) is 29.7. The molecule has 292 valence electrons. The van der Waals surface area contributed by atoms with E-state index < -0.39 is 0 Å². The quantitative estimate of drug-likeness (QED) is 0.179. The number of furan rings is 1. The number of nitrogens with zero attached hydrogens (tertiary/aromatic N) is 4. The summed E-state index contributed by atoms with van der Waals surface area (Å²) in [5.41, 5.74) is 12.6. The monoisotopic (exact) mass is 786 g/mol. The van der Waals surface area contributed by atoms with E-state index in [9.17, 15) is 0 Å². The Bertz CT molecular complexity index is 3820. The molecule has 0 saturated heterocycles. The summed E-state index contributed by atoms with van der Waals surface area (Å²) < 4.78 is 11.5. The van der Waals surface area contributed by atoms with Crippen LogP contribution in [0, 0.1) is 0 Å². The van der Waals surface area contributed by atoms with Gasteiger partial charge in [-0.05, 0) is 99.5 Å². The van der Waals surface area contributed by atoms with Gasteiger partial charge in [0.05, 0.1) is 22.1 Å². The minimum atomic E-state index is 0.00583. The SMILES string of the molecule is CC1(C)CCC(C)(C)c2cc3c(cc21)c1cc2c4ccc5ccccc5c4n(-c4ccccc4)c2cc1n3-c1nc(-c2cccc3ccccc23)c2oc3ccccc3c2n1. The zero-order valence-corrected chi connectivity index (χ0v) is 34.6. The summed E-state index contributed by atoms with van der Waals surface area (Å²) in [7, 11) is 0. The van der Waals surface area contributed by atoms with Crippen molar-refractivity contribution in [2.75, 3.05) is 0 Å². The Morgan fingerprint density at radius 3 is 1.89 bits per heavy atom. The molecule has 8 aromatic carbocycles. The molecule has 0 spiro atoms. The number of fused-ring (bicyclic) bond motifs is 13. The molecule has 13 rings (SSSR count). The van der Waals surface area contributed by atoms with Crippen LogP contribution in [0.4, 0.5) is 0 Å². The van der Waals surface area contributed by atoms with Crippen molar-refractivity contribution in [2.45, 2.75) is 51.4 Å². The fourth-order valence-electron chi connectivity index (χ4n) is 10.7. The lowest BCUT2D eigenvalue weighted by molar-refractivity contribution is 0.332. The van der Waals surface area contributed by atoms with Gasteiger partial charge in [-0.3, -0.25) is 4.57 Å². The number of benzene rings is 8. The second-order valence-electron chi connectivity index (χ2n) is 18.4. The van der Waals surface area contributed by atoms with Gasteiger partial charge >= 0.3 is 0 Å². The summed E-state index contributed by atoms with van der Waals surface area (Å²) in [6, 6.07) is 57.2. The van der Waals surface area contributed by atoms with Crippen molar-refractivity contribution in [3.05, 3.63) is 169 Å². The normalized spacial score (nSPS) is 15.0. The smallest absolute Gasteiger partial charge is 0.236 e. The summed E-state index contributed by atoms with van der Waals surface area (Å²) in [6.07, 6.45) is 2.26. The molecule has 4 heterocycles. The topological polar surface area (TPSA) is 48.8 Å². The van der Waals surface area contributed by atoms with Gasteiger partial charge in [0, 0.05) is 43.6 Å². The summed E-state index contributed by atoms with van der Waals surface area (Å²) in [5, 5.41) is 10.6. The molecule has 4 aromatic heterocycles. The molecule has 0 radical (unpaired) electrons. The van der Waals surface area contributed by atoms with E-state index in [0.29, 0.717) is 11.5 Å². The number of rotatable bonds is 3. The van der Waals surface area contributed by atoms with Crippen LogP contribution in [-0.2, 0) is 10.8 Å². The Balaban J connectivity index is 1.23. The Kier molecular flexibility index (Phi) is 6.91. The van der Waals surface area contributed by atoms with Gasteiger partial charge in [-0.2, -0.15) is 0 Å². The number of hydrogen-bond acceptors (Lipinski definition) is 3. The first-order valence-electron chi connectivity index (χ1n) is 21.5. The molecule has 5 nitrogen and oxygen atoms in total. The van der Waals surface area contributed by atoms with Crippen LogP contribution in [0.5, 0.6) is 0 Å². The van der Waals surface area contributed by atoms with Crippen molar-refractivity contribution >= 4 is 87.2 Å². The fraction of sp³-hybridized carbons (Fsp3) is 0.143. The van der Waals surface area contributed by atoms with Crippen LogP contribution >= 0.6 is 0 Å². The van der Waals surface area contributed by atoms with Crippen molar-refractivity contribution in [1.29, 1.82) is 0 Å². The highest BCUT2D eigenvalue weighted by molar-refractivity contribution is 6.23. The molecule has 0 atom stereocenters. The van der Waals surface area contributed by atoms with Gasteiger partial charge in [0.1, 0.15) is 16.8 Å². The molecule has 5 heteroatoms. The molecule has 1 aliphatic carbocycles. The largest absolute Gasteiger partial charge is 0.452 e. The highest BCUT2D eigenvalue weighted by Crippen LogP contribution is 2.50. The van der Waals surface area contributed by atoms with Crippen LogP contribution in [-0.4, -0.2) is 19.1 Å². The molecule has 0 aliphatic heterocycles. The second-order valence-corrected chi connectivity index (χ2v) is 18.4. The van der Waals surface area contributed by atoms with Crippen LogP contribution in [0.2, 0.25) is 0 Å². The van der Waals surface area contributed by atoms with Gasteiger partial charge in [-0.1, -0.05) is 137 Å². The van der Waals surface area contributed by atoms with E-state index in [1.54, 1.807) is 0 Å². The first-order valence-corrected chi connectivity index (χ1v) is 21.5. The van der Waals surface area contributed by atoms with Crippen molar-refractivity contribution in [1.82, 2.24) is 19.1 Å². The molecule has 0 amide bonds. The summed E-state index contributed by atoms with van der Waals surface area (Å²) in [4.78, 5) is 11.2. The molecule has 0 saturated carbocycles. The van der Waals surface area contributed by atoms with Gasteiger partial charge in [0.25, 0.3) is 0 Å². The van der Waals surface area contributed by atoms with E-state index in [1.807, 2.05) is 12.1 Å². The van der Waals surface area contributed by atoms with Crippen LogP contribution < -0.4 is 0 Å². The van der Waals surface area contributed by atoms with E-state index in [0.717, 1.165) is 73.6 Å². The average Bonchev–Trinajstić information content (AvgIpc) is 3.94. The molecule has 1 aliphatic rings. The van der Waals surface area contributed by atoms with Crippen LogP contribution in [0.15, 0.2) is 162 Å². The predicted molar refractivity (Wildman–Crippen MR) is 254 cm³/mol. The molecular formula is C56H42N4O. The third-order valence-corrected chi connectivity index (χ3v) is 14.0. The van der Waals surface area contributed by atoms with Crippen molar-refractivity contribution in [3.8, 4) is 22.9 Å². The van der Waals surface area contributed by atoms with Gasteiger partial charge in [0.2, 0.25) is 5.95 Å². The van der Waals surface area contributed by atoms with E-state index in [1.165, 1.54) is 49.0 Å². The lowest BCUT2D eigenvalue weighted by Gasteiger charge is -2.42. The number of hydrogen-bond donors (Lipinski definition) is 0. The maximum Gasteiger partial charge on any atom is 0.236 e. The summed E-state index contributed by atoms with van der Waals surface area (Å²) in [5.74, 6) is 0.627. The van der Waals surface area contributed by atoms with Crippen LogP contribution in [0.3, 0.4) is 0 Å². The van der Waals surface area contributed by atoms with Gasteiger partial charge < -0.3 is 8.98 Å². The van der Waals surface area contributed by atoms with Crippen molar-refractivity contribution in [3.63, 3.8) is 0 Å². The molecule has 0 fully saturated rings. The summed E-state index contributed by atoms with van der Waals surface area (Å²) >= 11 is 0. The van der Waals surface area contributed by atoms with E-state index in [4.69, 9.17) is 14.4 Å². The second kappa shape index (κ2) is 12.2. The van der Waals surface area contributed by atoms with Gasteiger partial charge in [-0.15, -0.1) is 0 Å². The molecule has 0 unspecified atom stereocenters. The minimum absolute atomic E-state index is 0.00583. The van der Waals surface area contributed by atoms with Crippen molar-refractivity contribution in [2.24, 2.45) is 0 Å². The summed E-state index contributed by atoms with van der Waals surface area (Å²) in [6.45, 7) is 9.65. The fourth-order valence-corrected chi connectivity index (χ4v) is 10.7. The Hall–Kier alpha value is -7.24. The van der Waals surface area contributed by atoms with Gasteiger partial charge in [-0.25, -0.2) is 9.97 Å². The maximum absolute atomic E-state index is 6.71.